The standard InChI is InChI=1S/C15H20N6O2/c1-10(22)21-6-11(12-7-20(2)9-17-12)13(8-21)18-15-16-5-4-14(19-15)23-3/h4-5,7,9,11,13H,6,8H2,1-3H3,(H,16,18,19)/t11-,13+/m0/s1. The van der Waals surface area contributed by atoms with E-state index in [1.807, 2.05) is 22.7 Å². The minimum Gasteiger partial charge on any atom is -0.481 e. The molecule has 2 aromatic heterocycles. The summed E-state index contributed by atoms with van der Waals surface area (Å²) in [5.41, 5.74) is 0.955. The van der Waals surface area contributed by atoms with Gasteiger partial charge in [0.2, 0.25) is 17.7 Å². The van der Waals surface area contributed by atoms with Crippen LogP contribution in [0.4, 0.5) is 5.95 Å². The molecular weight excluding hydrogens is 296 g/mol. The Balaban J connectivity index is 1.83. The lowest BCUT2D eigenvalue weighted by Crippen LogP contribution is -2.30. The number of imidazole rings is 1. The number of rotatable bonds is 4. The number of likely N-dealkylation sites (tertiary alicyclic amines) is 1. The van der Waals surface area contributed by atoms with Crippen LogP contribution in [-0.4, -0.2) is 56.6 Å². The molecule has 1 aliphatic heterocycles. The van der Waals surface area contributed by atoms with E-state index < -0.39 is 0 Å². The summed E-state index contributed by atoms with van der Waals surface area (Å²) in [6, 6.07) is 1.69. The molecule has 8 nitrogen and oxygen atoms in total. The van der Waals surface area contributed by atoms with E-state index in [9.17, 15) is 4.79 Å². The minimum absolute atomic E-state index is 0.000839. The highest BCUT2D eigenvalue weighted by molar-refractivity contribution is 5.74. The topological polar surface area (TPSA) is 85.2 Å². The van der Waals surface area contributed by atoms with Crippen molar-refractivity contribution in [1.82, 2.24) is 24.4 Å². The van der Waals surface area contributed by atoms with Crippen LogP contribution in [0.1, 0.15) is 18.5 Å². The Morgan fingerprint density at radius 3 is 2.87 bits per heavy atom. The molecule has 122 valence electrons. The van der Waals surface area contributed by atoms with Gasteiger partial charge in [-0.1, -0.05) is 0 Å². The van der Waals surface area contributed by atoms with Gasteiger partial charge in [-0.3, -0.25) is 4.79 Å². The second-order valence-electron chi connectivity index (χ2n) is 5.67. The highest BCUT2D eigenvalue weighted by atomic mass is 16.5. The van der Waals surface area contributed by atoms with E-state index in [0.717, 1.165) is 5.69 Å². The van der Waals surface area contributed by atoms with Crippen molar-refractivity contribution >= 4 is 11.9 Å². The van der Waals surface area contributed by atoms with E-state index in [-0.39, 0.29) is 17.9 Å². The molecule has 0 bridgehead atoms. The second-order valence-corrected chi connectivity index (χ2v) is 5.67. The van der Waals surface area contributed by atoms with Crippen molar-refractivity contribution in [1.29, 1.82) is 0 Å². The van der Waals surface area contributed by atoms with Gasteiger partial charge in [0, 0.05) is 51.4 Å². The van der Waals surface area contributed by atoms with Crippen molar-refractivity contribution in [3.8, 4) is 5.88 Å². The number of ether oxygens (including phenoxy) is 1. The first-order valence-corrected chi connectivity index (χ1v) is 7.43. The van der Waals surface area contributed by atoms with E-state index in [1.165, 1.54) is 0 Å². The summed E-state index contributed by atoms with van der Waals surface area (Å²) in [5.74, 6) is 1.13. The van der Waals surface area contributed by atoms with Crippen molar-refractivity contribution in [2.45, 2.75) is 18.9 Å². The maximum absolute atomic E-state index is 11.7. The first-order chi connectivity index (χ1) is 11.1. The molecule has 0 aromatic carbocycles. The Hall–Kier alpha value is -2.64. The monoisotopic (exact) mass is 316 g/mol. The summed E-state index contributed by atoms with van der Waals surface area (Å²) in [6.45, 7) is 2.81. The number of amides is 1. The van der Waals surface area contributed by atoms with Gasteiger partial charge >= 0.3 is 0 Å². The Labute approximate surface area is 134 Å². The van der Waals surface area contributed by atoms with Gasteiger partial charge in [-0.05, 0) is 0 Å². The summed E-state index contributed by atoms with van der Waals surface area (Å²) in [6.07, 6.45) is 5.39. The molecule has 1 amide bonds. The molecule has 3 rings (SSSR count). The van der Waals surface area contributed by atoms with Crippen LogP contribution in [0.3, 0.4) is 0 Å². The molecule has 8 heteroatoms. The number of methoxy groups -OCH3 is 1. The van der Waals surface area contributed by atoms with E-state index in [2.05, 4.69) is 20.3 Å². The molecule has 0 aliphatic carbocycles. The highest BCUT2D eigenvalue weighted by Crippen LogP contribution is 2.28. The smallest absolute Gasteiger partial charge is 0.226 e. The number of aryl methyl sites for hydroxylation is 1. The van der Waals surface area contributed by atoms with Gasteiger partial charge in [0.1, 0.15) is 0 Å². The quantitative estimate of drug-likeness (QED) is 0.891. The van der Waals surface area contributed by atoms with Crippen LogP contribution < -0.4 is 10.1 Å². The van der Waals surface area contributed by atoms with Gasteiger partial charge in [-0.15, -0.1) is 0 Å². The Kier molecular flexibility index (Phi) is 4.14. The van der Waals surface area contributed by atoms with Gasteiger partial charge in [-0.25, -0.2) is 9.97 Å². The number of nitrogens with one attached hydrogen (secondary N) is 1. The zero-order valence-electron chi connectivity index (χ0n) is 13.4. The Bertz CT molecular complexity index is 701. The fourth-order valence-corrected chi connectivity index (χ4v) is 2.82. The highest BCUT2D eigenvalue weighted by Gasteiger charge is 2.36. The summed E-state index contributed by atoms with van der Waals surface area (Å²) in [5, 5.41) is 3.31. The number of carbonyl (C=O) groups excluding carboxylic acids is 1. The molecule has 1 aliphatic rings. The van der Waals surface area contributed by atoms with Gasteiger partial charge in [-0.2, -0.15) is 4.98 Å². The van der Waals surface area contributed by atoms with Gasteiger partial charge in [0.05, 0.1) is 25.2 Å². The average molecular weight is 316 g/mol. The van der Waals surface area contributed by atoms with E-state index in [1.54, 1.807) is 32.6 Å². The summed E-state index contributed by atoms with van der Waals surface area (Å²) >= 11 is 0. The third-order valence-electron chi connectivity index (χ3n) is 4.02. The molecule has 1 fully saturated rings. The largest absolute Gasteiger partial charge is 0.481 e. The van der Waals surface area contributed by atoms with Crippen LogP contribution in [0.2, 0.25) is 0 Å². The first kappa shape index (κ1) is 15.3. The van der Waals surface area contributed by atoms with Crippen LogP contribution in [0.5, 0.6) is 5.88 Å². The zero-order valence-corrected chi connectivity index (χ0v) is 13.4. The van der Waals surface area contributed by atoms with Gasteiger partial charge < -0.3 is 19.5 Å². The molecule has 1 saturated heterocycles. The predicted octanol–water partition coefficient (Wildman–Crippen LogP) is 0.645. The number of hydrogen-bond acceptors (Lipinski definition) is 6. The van der Waals surface area contributed by atoms with Crippen molar-refractivity contribution in [2.75, 3.05) is 25.5 Å². The lowest BCUT2D eigenvalue weighted by Gasteiger charge is -2.18. The Morgan fingerprint density at radius 2 is 2.22 bits per heavy atom. The number of nitrogens with zero attached hydrogens (tertiary/aromatic N) is 5. The third kappa shape index (κ3) is 3.25. The fourth-order valence-electron chi connectivity index (χ4n) is 2.82. The van der Waals surface area contributed by atoms with Crippen molar-refractivity contribution in [3.63, 3.8) is 0 Å². The molecule has 0 unspecified atom stereocenters. The normalized spacial score (nSPS) is 20.6. The minimum atomic E-state index is 0.000839. The third-order valence-corrected chi connectivity index (χ3v) is 4.02. The fraction of sp³-hybridized carbons (Fsp3) is 0.467. The number of hydrogen-bond donors (Lipinski definition) is 1. The lowest BCUT2D eigenvalue weighted by molar-refractivity contribution is -0.127. The van der Waals surface area contributed by atoms with Crippen LogP contribution in [0.25, 0.3) is 0 Å². The zero-order chi connectivity index (χ0) is 16.4. The maximum atomic E-state index is 11.7. The molecule has 1 N–H and O–H groups in total. The molecule has 3 heterocycles. The molecule has 0 saturated carbocycles. The summed E-state index contributed by atoms with van der Waals surface area (Å²) < 4.78 is 7.03. The van der Waals surface area contributed by atoms with Crippen LogP contribution in [0, 0.1) is 0 Å². The number of carbonyl (C=O) groups is 1. The molecule has 23 heavy (non-hydrogen) atoms. The van der Waals surface area contributed by atoms with Crippen molar-refractivity contribution in [2.24, 2.45) is 7.05 Å². The van der Waals surface area contributed by atoms with Gasteiger partial charge in [0.25, 0.3) is 0 Å². The van der Waals surface area contributed by atoms with E-state index in [4.69, 9.17) is 4.74 Å². The number of anilines is 1. The van der Waals surface area contributed by atoms with Crippen molar-refractivity contribution < 1.29 is 9.53 Å². The van der Waals surface area contributed by atoms with Gasteiger partial charge in [0.15, 0.2) is 0 Å². The molecule has 0 radical (unpaired) electrons. The SMILES string of the molecule is COc1ccnc(N[C@@H]2CN(C(C)=O)C[C@H]2c2cn(C)cn2)n1. The molecule has 0 spiro atoms. The van der Waals surface area contributed by atoms with E-state index in [0.29, 0.717) is 24.9 Å². The first-order valence-electron chi connectivity index (χ1n) is 7.43. The Morgan fingerprint density at radius 1 is 1.39 bits per heavy atom. The summed E-state index contributed by atoms with van der Waals surface area (Å²) in [7, 11) is 3.50. The van der Waals surface area contributed by atoms with Crippen molar-refractivity contribution in [3.05, 3.63) is 30.5 Å². The molecular formula is C15H20N6O2. The number of aromatic nitrogens is 4. The maximum Gasteiger partial charge on any atom is 0.226 e. The predicted molar refractivity (Wildman–Crippen MR) is 84.2 cm³/mol. The average Bonchev–Trinajstić information content (AvgIpc) is 3.14. The van der Waals surface area contributed by atoms with Crippen LogP contribution in [0.15, 0.2) is 24.8 Å². The van der Waals surface area contributed by atoms with Crippen LogP contribution >= 0.6 is 0 Å². The van der Waals surface area contributed by atoms with Crippen LogP contribution in [-0.2, 0) is 11.8 Å². The second kappa shape index (κ2) is 6.23. The van der Waals surface area contributed by atoms with E-state index >= 15 is 0 Å². The summed E-state index contributed by atoms with van der Waals surface area (Å²) in [4.78, 5) is 26.5. The molecule has 2 atom stereocenters. The lowest BCUT2D eigenvalue weighted by atomic mass is 10.0. The molecule has 2 aromatic rings.